The van der Waals surface area contributed by atoms with Gasteiger partial charge in [-0.2, -0.15) is 5.26 Å². The minimum atomic E-state index is -0.284. The molecule has 0 fully saturated rings. The van der Waals surface area contributed by atoms with Crippen molar-refractivity contribution in [1.29, 1.82) is 5.26 Å². The minimum Gasteiger partial charge on any atom is -0.360 e. The average molecular weight is 241 g/mol. The molecule has 0 aliphatic carbocycles. The zero-order chi connectivity index (χ0) is 13.3. The van der Waals surface area contributed by atoms with Crippen LogP contribution in [0.1, 0.15) is 36.7 Å². The van der Waals surface area contributed by atoms with Crippen LogP contribution in [0.4, 0.5) is 0 Å². The molecule has 1 aromatic carbocycles. The van der Waals surface area contributed by atoms with Gasteiger partial charge in [0.15, 0.2) is 0 Å². The third-order valence-electron chi connectivity index (χ3n) is 2.54. The van der Waals surface area contributed by atoms with Crippen molar-refractivity contribution in [2.45, 2.75) is 26.3 Å². The third-order valence-corrected chi connectivity index (χ3v) is 2.54. The Labute approximate surface area is 106 Å². The van der Waals surface area contributed by atoms with Crippen molar-refractivity contribution >= 4 is 16.8 Å². The number of fused-ring (bicyclic) bond motifs is 1. The van der Waals surface area contributed by atoms with Gasteiger partial charge in [-0.15, -0.1) is 0 Å². The Morgan fingerprint density at radius 1 is 1.39 bits per heavy atom. The van der Waals surface area contributed by atoms with Gasteiger partial charge >= 0.3 is 0 Å². The van der Waals surface area contributed by atoms with Gasteiger partial charge in [0, 0.05) is 22.6 Å². The Morgan fingerprint density at radius 2 is 2.11 bits per heavy atom. The van der Waals surface area contributed by atoms with Gasteiger partial charge in [-0.1, -0.05) is 0 Å². The standard InChI is InChI=1S/C14H15N3O/c1-14(2,3)17-13(18)11-8-16-12-5-4-9(7-15)6-10(11)12/h4-6,8,16H,1-3H3,(H,17,18). The zero-order valence-electron chi connectivity index (χ0n) is 10.7. The summed E-state index contributed by atoms with van der Waals surface area (Å²) >= 11 is 0. The van der Waals surface area contributed by atoms with E-state index in [0.29, 0.717) is 11.1 Å². The number of hydrogen-bond acceptors (Lipinski definition) is 2. The van der Waals surface area contributed by atoms with Crippen LogP contribution >= 0.6 is 0 Å². The van der Waals surface area contributed by atoms with Crippen molar-refractivity contribution in [2.24, 2.45) is 0 Å². The van der Waals surface area contributed by atoms with Gasteiger partial charge in [0.1, 0.15) is 0 Å². The van der Waals surface area contributed by atoms with Crippen molar-refractivity contribution in [2.75, 3.05) is 0 Å². The summed E-state index contributed by atoms with van der Waals surface area (Å²) in [6.07, 6.45) is 1.67. The molecule has 0 bridgehead atoms. The molecule has 2 rings (SSSR count). The highest BCUT2D eigenvalue weighted by Gasteiger charge is 2.18. The molecule has 1 aromatic heterocycles. The molecule has 1 amide bonds. The van der Waals surface area contributed by atoms with Gasteiger partial charge < -0.3 is 10.3 Å². The van der Waals surface area contributed by atoms with Crippen LogP contribution < -0.4 is 5.32 Å². The normalized spacial score (nSPS) is 11.2. The number of amides is 1. The lowest BCUT2D eigenvalue weighted by molar-refractivity contribution is 0.0921. The van der Waals surface area contributed by atoms with Crippen molar-refractivity contribution in [3.05, 3.63) is 35.5 Å². The predicted molar refractivity (Wildman–Crippen MR) is 70.2 cm³/mol. The summed E-state index contributed by atoms with van der Waals surface area (Å²) < 4.78 is 0. The number of H-pyrrole nitrogens is 1. The van der Waals surface area contributed by atoms with Gasteiger partial charge in [0.2, 0.25) is 0 Å². The predicted octanol–water partition coefficient (Wildman–Crippen LogP) is 2.57. The molecule has 0 aliphatic rings. The lowest BCUT2D eigenvalue weighted by Gasteiger charge is -2.20. The first-order valence-corrected chi connectivity index (χ1v) is 5.74. The molecule has 2 aromatic rings. The van der Waals surface area contributed by atoms with Gasteiger partial charge in [-0.3, -0.25) is 4.79 Å². The van der Waals surface area contributed by atoms with Gasteiger partial charge in [-0.05, 0) is 39.0 Å². The summed E-state index contributed by atoms with van der Waals surface area (Å²) in [5.41, 5.74) is 1.69. The number of aromatic nitrogens is 1. The van der Waals surface area contributed by atoms with E-state index in [-0.39, 0.29) is 11.4 Å². The van der Waals surface area contributed by atoms with E-state index in [1.165, 1.54) is 0 Å². The van der Waals surface area contributed by atoms with Crippen molar-refractivity contribution in [1.82, 2.24) is 10.3 Å². The molecule has 0 radical (unpaired) electrons. The number of hydrogen-bond donors (Lipinski definition) is 2. The topological polar surface area (TPSA) is 68.7 Å². The molecule has 4 nitrogen and oxygen atoms in total. The number of carbonyl (C=O) groups excluding carboxylic acids is 1. The summed E-state index contributed by atoms with van der Waals surface area (Å²) in [7, 11) is 0. The largest absolute Gasteiger partial charge is 0.360 e. The van der Waals surface area contributed by atoms with E-state index < -0.39 is 0 Å². The highest BCUT2D eigenvalue weighted by Crippen LogP contribution is 2.20. The van der Waals surface area contributed by atoms with E-state index in [0.717, 1.165) is 10.9 Å². The molecule has 1 heterocycles. The van der Waals surface area contributed by atoms with Gasteiger partial charge in [0.25, 0.3) is 5.91 Å². The highest BCUT2D eigenvalue weighted by atomic mass is 16.1. The first kappa shape index (κ1) is 12.2. The molecular weight excluding hydrogens is 226 g/mol. The smallest absolute Gasteiger partial charge is 0.253 e. The van der Waals surface area contributed by atoms with Crippen LogP contribution in [-0.4, -0.2) is 16.4 Å². The van der Waals surface area contributed by atoms with Crippen LogP contribution in [0.2, 0.25) is 0 Å². The van der Waals surface area contributed by atoms with Crippen LogP contribution in [0.15, 0.2) is 24.4 Å². The SMILES string of the molecule is CC(C)(C)NC(=O)c1c[nH]c2ccc(C#N)cc12. The average Bonchev–Trinajstić information content (AvgIpc) is 2.69. The molecular formula is C14H15N3O. The first-order valence-electron chi connectivity index (χ1n) is 5.74. The lowest BCUT2D eigenvalue weighted by Crippen LogP contribution is -2.40. The third kappa shape index (κ3) is 2.35. The van der Waals surface area contributed by atoms with Crippen LogP contribution in [0.3, 0.4) is 0 Å². The number of nitrogens with zero attached hydrogens (tertiary/aromatic N) is 1. The minimum absolute atomic E-state index is 0.135. The quantitative estimate of drug-likeness (QED) is 0.805. The van der Waals surface area contributed by atoms with Crippen molar-refractivity contribution in [3.8, 4) is 6.07 Å². The van der Waals surface area contributed by atoms with E-state index in [1.807, 2.05) is 26.8 Å². The van der Waals surface area contributed by atoms with Crippen molar-refractivity contribution in [3.63, 3.8) is 0 Å². The van der Waals surface area contributed by atoms with Gasteiger partial charge in [-0.25, -0.2) is 0 Å². The second-order valence-corrected chi connectivity index (χ2v) is 5.28. The molecule has 4 heteroatoms. The molecule has 0 spiro atoms. The van der Waals surface area contributed by atoms with E-state index in [2.05, 4.69) is 16.4 Å². The van der Waals surface area contributed by atoms with Crippen LogP contribution in [0, 0.1) is 11.3 Å². The molecule has 0 saturated carbocycles. The summed E-state index contributed by atoms with van der Waals surface area (Å²) in [6, 6.07) is 7.34. The number of nitriles is 1. The van der Waals surface area contributed by atoms with Crippen LogP contribution in [0.5, 0.6) is 0 Å². The second kappa shape index (κ2) is 4.19. The molecule has 92 valence electrons. The van der Waals surface area contributed by atoms with Crippen molar-refractivity contribution < 1.29 is 4.79 Å². The van der Waals surface area contributed by atoms with E-state index in [4.69, 9.17) is 5.26 Å². The number of aromatic amines is 1. The maximum Gasteiger partial charge on any atom is 0.253 e. The second-order valence-electron chi connectivity index (χ2n) is 5.28. The fourth-order valence-electron chi connectivity index (χ4n) is 1.79. The number of benzene rings is 1. The summed E-state index contributed by atoms with van der Waals surface area (Å²) in [5, 5.41) is 12.6. The fourth-order valence-corrected chi connectivity index (χ4v) is 1.79. The highest BCUT2D eigenvalue weighted by molar-refractivity contribution is 6.07. The van der Waals surface area contributed by atoms with E-state index in [1.54, 1.807) is 18.3 Å². The fraction of sp³-hybridized carbons (Fsp3) is 0.286. The van der Waals surface area contributed by atoms with Crippen LogP contribution in [0.25, 0.3) is 10.9 Å². The van der Waals surface area contributed by atoms with E-state index in [9.17, 15) is 4.79 Å². The Morgan fingerprint density at radius 3 is 2.72 bits per heavy atom. The Kier molecular flexibility index (Phi) is 2.84. The molecule has 0 saturated heterocycles. The first-order chi connectivity index (χ1) is 8.40. The van der Waals surface area contributed by atoms with Crippen LogP contribution in [-0.2, 0) is 0 Å². The Balaban J connectivity index is 2.46. The molecule has 0 aliphatic heterocycles. The molecule has 2 N–H and O–H groups in total. The Bertz CT molecular complexity index is 641. The van der Waals surface area contributed by atoms with Gasteiger partial charge in [0.05, 0.1) is 17.2 Å². The lowest BCUT2D eigenvalue weighted by atomic mass is 10.1. The molecule has 18 heavy (non-hydrogen) atoms. The molecule has 0 unspecified atom stereocenters. The zero-order valence-corrected chi connectivity index (χ0v) is 10.7. The number of rotatable bonds is 1. The number of carbonyl (C=O) groups is 1. The summed E-state index contributed by atoms with van der Waals surface area (Å²) in [4.78, 5) is 15.2. The monoisotopic (exact) mass is 241 g/mol. The number of nitrogens with one attached hydrogen (secondary N) is 2. The summed E-state index contributed by atoms with van der Waals surface area (Å²) in [5.74, 6) is -0.135. The summed E-state index contributed by atoms with van der Waals surface area (Å²) in [6.45, 7) is 5.79. The van der Waals surface area contributed by atoms with E-state index >= 15 is 0 Å². The molecule has 0 atom stereocenters. The maximum absolute atomic E-state index is 12.1. The maximum atomic E-state index is 12.1. The Hall–Kier alpha value is -2.28.